The fraction of sp³-hybridized carbons (Fsp3) is 0.889. The standard InChI is InChI=1S/C9H18N2O3S/c10-9(12)7-14-4-3-11-8-1-5-15(13)6-2-8/h8,11H,1-7H2,(H2,10,12). The molecule has 88 valence electrons. The van der Waals surface area contributed by atoms with Crippen molar-refractivity contribution < 1.29 is 13.7 Å². The molecule has 0 unspecified atom stereocenters. The van der Waals surface area contributed by atoms with Crippen LogP contribution in [0.25, 0.3) is 0 Å². The largest absolute Gasteiger partial charge is 0.370 e. The Balaban J connectivity index is 1.96. The maximum Gasteiger partial charge on any atom is 0.243 e. The fourth-order valence-electron chi connectivity index (χ4n) is 1.51. The summed E-state index contributed by atoms with van der Waals surface area (Å²) < 4.78 is 16.1. The Labute approximate surface area is 92.2 Å². The predicted octanol–water partition coefficient (Wildman–Crippen LogP) is -1.01. The molecule has 1 rings (SSSR count). The minimum atomic E-state index is -0.608. The number of hydrogen-bond donors (Lipinski definition) is 2. The number of hydrogen-bond acceptors (Lipinski definition) is 4. The van der Waals surface area contributed by atoms with Gasteiger partial charge in [-0.25, -0.2) is 0 Å². The molecule has 5 nitrogen and oxygen atoms in total. The number of amides is 1. The minimum Gasteiger partial charge on any atom is -0.370 e. The van der Waals surface area contributed by atoms with Crippen molar-refractivity contribution in [3.05, 3.63) is 0 Å². The van der Waals surface area contributed by atoms with Crippen molar-refractivity contribution in [2.24, 2.45) is 5.73 Å². The van der Waals surface area contributed by atoms with Crippen molar-refractivity contribution in [1.82, 2.24) is 5.32 Å². The molecule has 0 bridgehead atoms. The maximum absolute atomic E-state index is 11.1. The first kappa shape index (κ1) is 12.6. The molecule has 0 aromatic carbocycles. The van der Waals surface area contributed by atoms with Crippen molar-refractivity contribution in [1.29, 1.82) is 0 Å². The van der Waals surface area contributed by atoms with Gasteiger partial charge in [0.1, 0.15) is 6.61 Å². The highest BCUT2D eigenvalue weighted by atomic mass is 32.2. The van der Waals surface area contributed by atoms with Gasteiger partial charge in [0.2, 0.25) is 5.91 Å². The van der Waals surface area contributed by atoms with Gasteiger partial charge in [-0.2, -0.15) is 0 Å². The molecule has 0 aromatic heterocycles. The zero-order valence-electron chi connectivity index (χ0n) is 8.74. The quantitative estimate of drug-likeness (QED) is 0.577. The normalized spacial score (nSPS) is 26.4. The molecule has 0 atom stereocenters. The van der Waals surface area contributed by atoms with Crippen LogP contribution in [0.3, 0.4) is 0 Å². The summed E-state index contributed by atoms with van der Waals surface area (Å²) in [5.74, 6) is 1.14. The van der Waals surface area contributed by atoms with Crippen LogP contribution in [-0.4, -0.2) is 47.4 Å². The first-order valence-electron chi connectivity index (χ1n) is 5.13. The maximum atomic E-state index is 11.1. The lowest BCUT2D eigenvalue weighted by Gasteiger charge is -2.22. The third-order valence-electron chi connectivity index (χ3n) is 2.31. The Hall–Kier alpha value is -0.460. The van der Waals surface area contributed by atoms with Crippen LogP contribution in [0.5, 0.6) is 0 Å². The highest BCUT2D eigenvalue weighted by Crippen LogP contribution is 2.08. The van der Waals surface area contributed by atoms with E-state index in [4.69, 9.17) is 10.5 Å². The summed E-state index contributed by atoms with van der Waals surface area (Å²) in [6, 6.07) is 0.444. The van der Waals surface area contributed by atoms with Crippen molar-refractivity contribution in [3.63, 3.8) is 0 Å². The van der Waals surface area contributed by atoms with Crippen LogP contribution in [0.15, 0.2) is 0 Å². The SMILES string of the molecule is NC(=O)COCCNC1CCS(=O)CC1. The Bertz CT molecular complexity index is 225. The van der Waals surface area contributed by atoms with Crippen LogP contribution < -0.4 is 11.1 Å². The molecule has 0 spiro atoms. The molecule has 1 saturated heterocycles. The number of ether oxygens (including phenoxy) is 1. The molecule has 6 heteroatoms. The van der Waals surface area contributed by atoms with Gasteiger partial charge in [-0.05, 0) is 12.8 Å². The van der Waals surface area contributed by atoms with E-state index < -0.39 is 16.7 Å². The third-order valence-corrected chi connectivity index (χ3v) is 3.69. The highest BCUT2D eigenvalue weighted by Gasteiger charge is 2.16. The second kappa shape index (κ2) is 6.92. The Morgan fingerprint density at radius 3 is 2.73 bits per heavy atom. The van der Waals surface area contributed by atoms with E-state index in [0.717, 1.165) is 24.3 Å². The molecule has 1 fully saturated rings. The molecule has 0 saturated carbocycles. The lowest BCUT2D eigenvalue weighted by atomic mass is 10.1. The molecule has 1 aliphatic heterocycles. The number of rotatable bonds is 6. The monoisotopic (exact) mass is 234 g/mol. The Morgan fingerprint density at radius 2 is 2.13 bits per heavy atom. The first-order valence-corrected chi connectivity index (χ1v) is 6.61. The topological polar surface area (TPSA) is 81.4 Å². The molecule has 1 heterocycles. The smallest absolute Gasteiger partial charge is 0.243 e. The van der Waals surface area contributed by atoms with E-state index in [1.807, 2.05) is 0 Å². The van der Waals surface area contributed by atoms with E-state index >= 15 is 0 Å². The van der Waals surface area contributed by atoms with Crippen LogP contribution >= 0.6 is 0 Å². The fourth-order valence-corrected chi connectivity index (χ4v) is 2.80. The van der Waals surface area contributed by atoms with Gasteiger partial charge in [0.15, 0.2) is 0 Å². The first-order chi connectivity index (χ1) is 7.18. The summed E-state index contributed by atoms with van der Waals surface area (Å²) in [5, 5.41) is 3.30. The van der Waals surface area contributed by atoms with E-state index in [2.05, 4.69) is 5.32 Å². The lowest BCUT2D eigenvalue weighted by molar-refractivity contribution is -0.122. The summed E-state index contributed by atoms with van der Waals surface area (Å²) in [5.41, 5.74) is 4.91. The van der Waals surface area contributed by atoms with Gasteiger partial charge in [0.05, 0.1) is 6.61 Å². The number of nitrogens with one attached hydrogen (secondary N) is 1. The molecule has 0 aromatic rings. The molecule has 0 radical (unpaired) electrons. The minimum absolute atomic E-state index is 0.0175. The average Bonchev–Trinajstić information content (AvgIpc) is 2.20. The van der Waals surface area contributed by atoms with E-state index in [0.29, 0.717) is 19.2 Å². The van der Waals surface area contributed by atoms with E-state index in [9.17, 15) is 9.00 Å². The summed E-state index contributed by atoms with van der Waals surface area (Å²) >= 11 is 0. The van der Waals surface area contributed by atoms with Crippen LogP contribution in [0.1, 0.15) is 12.8 Å². The lowest BCUT2D eigenvalue weighted by Crippen LogP contribution is -2.37. The second-order valence-electron chi connectivity index (χ2n) is 3.60. The Kier molecular flexibility index (Phi) is 5.82. The van der Waals surface area contributed by atoms with Crippen molar-refractivity contribution in [2.75, 3.05) is 31.3 Å². The van der Waals surface area contributed by atoms with E-state index in [1.165, 1.54) is 0 Å². The number of carbonyl (C=O) groups is 1. The summed E-state index contributed by atoms with van der Waals surface area (Å²) in [7, 11) is -0.608. The van der Waals surface area contributed by atoms with Crippen LogP contribution in [0.2, 0.25) is 0 Å². The van der Waals surface area contributed by atoms with Crippen LogP contribution in [0.4, 0.5) is 0 Å². The van der Waals surface area contributed by atoms with Crippen molar-refractivity contribution >= 4 is 16.7 Å². The van der Waals surface area contributed by atoms with Gasteiger partial charge < -0.3 is 15.8 Å². The third kappa shape index (κ3) is 5.86. The van der Waals surface area contributed by atoms with Gasteiger partial charge in [-0.3, -0.25) is 9.00 Å². The molecular weight excluding hydrogens is 216 g/mol. The summed E-state index contributed by atoms with van der Waals surface area (Å²) in [6.07, 6.45) is 1.92. The van der Waals surface area contributed by atoms with Crippen molar-refractivity contribution in [2.45, 2.75) is 18.9 Å². The molecule has 1 amide bonds. The Morgan fingerprint density at radius 1 is 1.47 bits per heavy atom. The molecule has 3 N–H and O–H groups in total. The number of nitrogens with two attached hydrogens (primary N) is 1. The van der Waals surface area contributed by atoms with Gasteiger partial charge in [0.25, 0.3) is 0 Å². The molecule has 0 aliphatic carbocycles. The van der Waals surface area contributed by atoms with E-state index in [1.54, 1.807) is 0 Å². The zero-order chi connectivity index (χ0) is 11.1. The van der Waals surface area contributed by atoms with Gasteiger partial charge >= 0.3 is 0 Å². The van der Waals surface area contributed by atoms with Crippen molar-refractivity contribution in [3.8, 4) is 0 Å². The second-order valence-corrected chi connectivity index (χ2v) is 5.29. The summed E-state index contributed by atoms with van der Waals surface area (Å²) in [4.78, 5) is 10.3. The predicted molar refractivity (Wildman–Crippen MR) is 58.9 cm³/mol. The molecule has 15 heavy (non-hydrogen) atoms. The van der Waals surface area contributed by atoms with Crippen LogP contribution in [0, 0.1) is 0 Å². The summed E-state index contributed by atoms with van der Waals surface area (Å²) in [6.45, 7) is 1.18. The van der Waals surface area contributed by atoms with E-state index in [-0.39, 0.29) is 6.61 Å². The van der Waals surface area contributed by atoms with Crippen LogP contribution in [-0.2, 0) is 20.3 Å². The molecular formula is C9H18N2O3S. The van der Waals surface area contributed by atoms with Gasteiger partial charge in [-0.1, -0.05) is 0 Å². The number of carbonyl (C=O) groups excluding carboxylic acids is 1. The zero-order valence-corrected chi connectivity index (χ0v) is 9.55. The molecule has 1 aliphatic rings. The number of primary amides is 1. The highest BCUT2D eigenvalue weighted by molar-refractivity contribution is 7.85. The average molecular weight is 234 g/mol. The van der Waals surface area contributed by atoms with Gasteiger partial charge in [0, 0.05) is 34.9 Å². The van der Waals surface area contributed by atoms with Gasteiger partial charge in [-0.15, -0.1) is 0 Å².